The lowest BCUT2D eigenvalue weighted by atomic mass is 9.72. The summed E-state index contributed by atoms with van der Waals surface area (Å²) >= 11 is 1.85. The third kappa shape index (κ3) is 1.94. The largest absolute Gasteiger partial charge is 0.303 e. The Morgan fingerprint density at radius 1 is 0.667 bits per heavy atom. The van der Waals surface area contributed by atoms with E-state index in [1.165, 1.54) is 37.4 Å². The summed E-state index contributed by atoms with van der Waals surface area (Å²) in [6.45, 7) is 4.62. The van der Waals surface area contributed by atoms with Gasteiger partial charge in [-0.05, 0) is 45.5 Å². The molecule has 0 radical (unpaired) electrons. The first-order valence-corrected chi connectivity index (χ1v) is 13.2. The van der Waals surface area contributed by atoms with E-state index in [0.717, 1.165) is 38.7 Å². The van der Waals surface area contributed by atoms with Gasteiger partial charge in [0, 0.05) is 26.0 Å². The van der Waals surface area contributed by atoms with Gasteiger partial charge in [-0.2, -0.15) is 0 Å². The Hall–Kier alpha value is -4.02. The van der Waals surface area contributed by atoms with Crippen molar-refractivity contribution in [2.24, 2.45) is 0 Å². The number of para-hydroxylation sites is 2. The van der Waals surface area contributed by atoms with E-state index < -0.39 is 0 Å². The van der Waals surface area contributed by atoms with Gasteiger partial charge in [0.15, 0.2) is 0 Å². The molecule has 9 rings (SSSR count). The van der Waals surface area contributed by atoms with Crippen molar-refractivity contribution in [3.63, 3.8) is 0 Å². The maximum absolute atomic E-state index is 14.3. The zero-order valence-corrected chi connectivity index (χ0v) is 20.6. The number of anilines is 3. The van der Waals surface area contributed by atoms with Crippen LogP contribution in [0.4, 0.5) is 17.1 Å². The van der Waals surface area contributed by atoms with Crippen LogP contribution in [-0.2, 0) is 5.41 Å². The molecule has 0 N–H and O–H groups in total. The molecule has 0 spiro atoms. The average molecular weight is 481 g/mol. The normalized spacial score (nSPS) is 15.7. The number of benzene rings is 5. The molecule has 0 aliphatic carbocycles. The molecule has 170 valence electrons. The summed E-state index contributed by atoms with van der Waals surface area (Å²) in [4.78, 5) is 19.2. The van der Waals surface area contributed by atoms with E-state index in [-0.39, 0.29) is 11.0 Å². The molecule has 4 heterocycles. The lowest BCUT2D eigenvalue weighted by Gasteiger charge is -2.48. The minimum atomic E-state index is -0.181. The number of pyridine rings is 1. The van der Waals surface area contributed by atoms with Crippen LogP contribution in [0.5, 0.6) is 0 Å². The monoisotopic (exact) mass is 480 g/mol. The molecule has 0 unspecified atom stereocenters. The van der Waals surface area contributed by atoms with Crippen molar-refractivity contribution in [2.45, 2.75) is 29.1 Å². The molecule has 0 bridgehead atoms. The molecule has 3 nitrogen and oxygen atoms in total. The molecule has 0 amide bonds. The Labute approximate surface area is 211 Å². The zero-order chi connectivity index (χ0) is 23.9. The lowest BCUT2D eigenvalue weighted by Crippen LogP contribution is -2.37. The lowest BCUT2D eigenvalue weighted by molar-refractivity contribution is 0.627. The summed E-state index contributed by atoms with van der Waals surface area (Å²) in [5.74, 6) is 0. The van der Waals surface area contributed by atoms with E-state index in [4.69, 9.17) is 0 Å². The molecular weight excluding hydrogens is 460 g/mol. The molecular formula is C32H20N2OS. The summed E-state index contributed by atoms with van der Waals surface area (Å²) in [5.41, 5.74) is 8.01. The van der Waals surface area contributed by atoms with E-state index in [0.29, 0.717) is 0 Å². The third-order valence-corrected chi connectivity index (χ3v) is 9.62. The third-order valence-electron chi connectivity index (χ3n) is 8.45. The standard InChI is InChI=1S/C32H20N2OS/c1-32(2)21-13-7-15-23-26(21)34-27-22(32)14-8-16-24(27)36-30-19-11-5-3-9-17(19)25-18-10-4-6-12-20(18)31(35)33(23)28(25)29(30)34/h3-16H,1-2H3. The van der Waals surface area contributed by atoms with E-state index >= 15 is 0 Å². The van der Waals surface area contributed by atoms with E-state index in [9.17, 15) is 4.79 Å². The highest BCUT2D eigenvalue weighted by molar-refractivity contribution is 8.00. The van der Waals surface area contributed by atoms with Crippen LogP contribution < -0.4 is 10.5 Å². The maximum atomic E-state index is 14.3. The Bertz CT molecular complexity index is 2090. The van der Waals surface area contributed by atoms with E-state index in [2.05, 4.69) is 85.5 Å². The van der Waals surface area contributed by atoms with Crippen molar-refractivity contribution in [1.82, 2.24) is 4.57 Å². The summed E-state index contributed by atoms with van der Waals surface area (Å²) in [6, 6.07) is 30.0. The first-order chi connectivity index (χ1) is 17.6. The minimum Gasteiger partial charge on any atom is -0.303 e. The quantitative estimate of drug-likeness (QED) is 0.205. The first-order valence-electron chi connectivity index (χ1n) is 12.3. The van der Waals surface area contributed by atoms with Gasteiger partial charge in [-0.25, -0.2) is 0 Å². The van der Waals surface area contributed by atoms with Crippen molar-refractivity contribution < 1.29 is 0 Å². The smallest absolute Gasteiger partial charge is 0.263 e. The second kappa shape index (κ2) is 6.03. The Kier molecular flexibility index (Phi) is 3.21. The predicted molar refractivity (Wildman–Crippen MR) is 149 cm³/mol. The Morgan fingerprint density at radius 2 is 1.31 bits per heavy atom. The van der Waals surface area contributed by atoms with Gasteiger partial charge in [0.1, 0.15) is 0 Å². The maximum Gasteiger partial charge on any atom is 0.263 e. The summed E-state index contributed by atoms with van der Waals surface area (Å²) < 4.78 is 2.01. The number of hydrogen-bond acceptors (Lipinski definition) is 3. The second-order valence-electron chi connectivity index (χ2n) is 10.5. The number of rotatable bonds is 0. The molecule has 1 aromatic heterocycles. The fourth-order valence-corrected chi connectivity index (χ4v) is 8.14. The highest BCUT2D eigenvalue weighted by atomic mass is 32.2. The second-order valence-corrected chi connectivity index (χ2v) is 11.6. The minimum absolute atomic E-state index is 0.0519. The van der Waals surface area contributed by atoms with Gasteiger partial charge >= 0.3 is 0 Å². The van der Waals surface area contributed by atoms with Gasteiger partial charge in [0.2, 0.25) is 0 Å². The SMILES string of the molecule is CC1(C)c2cccc3c2N2c4c(cccc41)-n1c(=O)c4ccccc4c4c5ccccc5c(c2c41)S3. The van der Waals surface area contributed by atoms with Crippen molar-refractivity contribution >= 4 is 61.3 Å². The first kappa shape index (κ1) is 19.2. The molecule has 36 heavy (non-hydrogen) atoms. The van der Waals surface area contributed by atoms with Crippen LogP contribution in [0.1, 0.15) is 25.0 Å². The van der Waals surface area contributed by atoms with Crippen LogP contribution in [0.25, 0.3) is 38.1 Å². The number of nitrogens with zero attached hydrogens (tertiary/aromatic N) is 2. The highest BCUT2D eigenvalue weighted by Crippen LogP contribution is 2.65. The van der Waals surface area contributed by atoms with Crippen LogP contribution in [0.15, 0.2) is 99.5 Å². The fourth-order valence-electron chi connectivity index (χ4n) is 6.90. The molecule has 3 aliphatic rings. The molecule has 6 aromatic rings. The summed E-state index contributed by atoms with van der Waals surface area (Å²) in [5, 5.41) is 5.37. The molecule has 4 heteroatoms. The van der Waals surface area contributed by atoms with Crippen molar-refractivity contribution in [2.75, 3.05) is 4.90 Å². The summed E-state index contributed by atoms with van der Waals surface area (Å²) in [7, 11) is 0. The molecule has 3 aliphatic heterocycles. The van der Waals surface area contributed by atoms with Crippen LogP contribution in [0.3, 0.4) is 0 Å². The van der Waals surface area contributed by atoms with Gasteiger partial charge in [-0.15, -0.1) is 0 Å². The van der Waals surface area contributed by atoms with Crippen LogP contribution in [0, 0.1) is 0 Å². The zero-order valence-electron chi connectivity index (χ0n) is 19.8. The molecule has 0 saturated heterocycles. The average Bonchev–Trinajstić information content (AvgIpc) is 2.91. The Balaban J connectivity index is 1.67. The van der Waals surface area contributed by atoms with E-state index in [1.54, 1.807) is 0 Å². The molecule has 0 fully saturated rings. The molecule has 5 aromatic carbocycles. The molecule has 0 saturated carbocycles. The fraction of sp³-hybridized carbons (Fsp3) is 0.0938. The van der Waals surface area contributed by atoms with Gasteiger partial charge < -0.3 is 4.90 Å². The topological polar surface area (TPSA) is 25.2 Å². The van der Waals surface area contributed by atoms with Crippen molar-refractivity contribution in [1.29, 1.82) is 0 Å². The number of fused-ring (bicyclic) bond motifs is 6. The van der Waals surface area contributed by atoms with Crippen LogP contribution >= 0.6 is 11.8 Å². The number of aromatic nitrogens is 1. The predicted octanol–water partition coefficient (Wildman–Crippen LogP) is 8.18. The van der Waals surface area contributed by atoms with Crippen molar-refractivity contribution in [3.05, 3.63) is 106 Å². The van der Waals surface area contributed by atoms with Crippen molar-refractivity contribution in [3.8, 4) is 5.69 Å². The highest BCUT2D eigenvalue weighted by Gasteiger charge is 2.45. The van der Waals surface area contributed by atoms with Crippen LogP contribution in [0.2, 0.25) is 0 Å². The number of hydrogen-bond donors (Lipinski definition) is 0. The van der Waals surface area contributed by atoms with Gasteiger partial charge in [0.25, 0.3) is 5.56 Å². The van der Waals surface area contributed by atoms with Gasteiger partial charge in [0.05, 0.1) is 28.3 Å². The van der Waals surface area contributed by atoms with E-state index in [1.807, 2.05) is 34.5 Å². The Morgan fingerprint density at radius 3 is 2.08 bits per heavy atom. The van der Waals surface area contributed by atoms with Gasteiger partial charge in [-0.3, -0.25) is 9.36 Å². The summed E-state index contributed by atoms with van der Waals surface area (Å²) in [6.07, 6.45) is 0. The van der Waals surface area contributed by atoms with Crippen LogP contribution in [-0.4, -0.2) is 4.57 Å². The molecule has 0 atom stereocenters. The van der Waals surface area contributed by atoms with Gasteiger partial charge in [-0.1, -0.05) is 92.3 Å².